The molecule has 0 bridgehead atoms. The molecular formula is C6H7F3N2. The van der Waals surface area contributed by atoms with Crippen molar-refractivity contribution < 1.29 is 13.2 Å². The summed E-state index contributed by atoms with van der Waals surface area (Å²) < 4.78 is 36.0. The highest BCUT2D eigenvalue weighted by molar-refractivity contribution is 4.86. The summed E-state index contributed by atoms with van der Waals surface area (Å²) >= 11 is 0. The smallest absolute Gasteiger partial charge is 0.184 e. The van der Waals surface area contributed by atoms with Crippen LogP contribution in [0.25, 0.3) is 4.95 Å². The topological polar surface area (TPSA) is 7.60 Å². The summed E-state index contributed by atoms with van der Waals surface area (Å²) in [5, 5.41) is 0.778. The second-order valence-electron chi connectivity index (χ2n) is 2.46. The average Bonchev–Trinajstić information content (AvgIpc) is 2.31. The third-order valence-corrected chi connectivity index (χ3v) is 1.73. The van der Waals surface area contributed by atoms with Crippen LogP contribution in [0.3, 0.4) is 0 Å². The molecule has 0 spiro atoms. The van der Waals surface area contributed by atoms with Gasteiger partial charge in [-0.25, -0.2) is 0 Å². The maximum absolute atomic E-state index is 12.0. The summed E-state index contributed by atoms with van der Waals surface area (Å²) in [5.74, 6) is 0. The van der Waals surface area contributed by atoms with Crippen LogP contribution in [0.4, 0.5) is 13.2 Å². The van der Waals surface area contributed by atoms with Gasteiger partial charge in [0.25, 0.3) is 0 Å². The largest absolute Gasteiger partial charge is 0.415 e. The normalized spacial score (nSPS) is 25.3. The number of rotatable bonds is 0. The second kappa shape index (κ2) is 2.61. The molecule has 1 atom stereocenters. The van der Waals surface area contributed by atoms with E-state index in [2.05, 4.69) is 4.95 Å². The fraction of sp³-hybridized carbons (Fsp3) is 0.833. The molecule has 0 aromatic rings. The average molecular weight is 164 g/mol. The van der Waals surface area contributed by atoms with Gasteiger partial charge in [-0.05, 0) is 12.8 Å². The zero-order valence-electron chi connectivity index (χ0n) is 5.73. The van der Waals surface area contributed by atoms with E-state index in [1.54, 1.807) is 0 Å². The molecule has 0 saturated carbocycles. The van der Waals surface area contributed by atoms with Crippen molar-refractivity contribution in [3.63, 3.8) is 0 Å². The molecule has 1 saturated heterocycles. The molecule has 0 unspecified atom stereocenters. The molecule has 1 aliphatic rings. The van der Waals surface area contributed by atoms with Crippen LogP contribution >= 0.6 is 0 Å². The minimum absolute atomic E-state index is 0.0614. The fourth-order valence-corrected chi connectivity index (χ4v) is 1.20. The Balaban J connectivity index is 2.66. The Labute approximate surface area is 62.4 Å². The van der Waals surface area contributed by atoms with Crippen LogP contribution in [0.2, 0.25) is 0 Å². The van der Waals surface area contributed by atoms with Gasteiger partial charge in [0.1, 0.15) is 0 Å². The SMILES string of the molecule is [C-]#[N+]N1CCC[C@@H]1C(F)(F)F. The predicted octanol–water partition coefficient (Wildman–Crippen LogP) is 1.85. The number of hydrogen-bond acceptors (Lipinski definition) is 1. The lowest BCUT2D eigenvalue weighted by Gasteiger charge is -2.16. The molecule has 62 valence electrons. The molecule has 1 aliphatic heterocycles. The first-order valence-electron chi connectivity index (χ1n) is 3.26. The monoisotopic (exact) mass is 164 g/mol. The maximum Gasteiger partial charge on any atom is 0.415 e. The van der Waals surface area contributed by atoms with E-state index in [1.807, 2.05) is 0 Å². The van der Waals surface area contributed by atoms with E-state index in [-0.39, 0.29) is 13.0 Å². The number of hydrogen-bond donors (Lipinski definition) is 0. The Bertz CT molecular complexity index is 181. The van der Waals surface area contributed by atoms with Crippen LogP contribution in [0, 0.1) is 6.57 Å². The van der Waals surface area contributed by atoms with E-state index in [9.17, 15) is 13.2 Å². The molecule has 5 heteroatoms. The lowest BCUT2D eigenvalue weighted by molar-refractivity contribution is -0.170. The Hall–Kier alpha value is -0.920. The highest BCUT2D eigenvalue weighted by Crippen LogP contribution is 2.32. The summed E-state index contributed by atoms with van der Waals surface area (Å²) in [6.45, 7) is 6.70. The molecule has 0 aliphatic carbocycles. The first-order valence-corrected chi connectivity index (χ1v) is 3.26. The summed E-state index contributed by atoms with van der Waals surface area (Å²) in [5.41, 5.74) is 0. The third-order valence-electron chi connectivity index (χ3n) is 1.73. The van der Waals surface area contributed by atoms with Crippen LogP contribution < -0.4 is 0 Å². The van der Waals surface area contributed by atoms with Gasteiger partial charge in [-0.1, -0.05) is 5.01 Å². The molecule has 2 nitrogen and oxygen atoms in total. The van der Waals surface area contributed by atoms with E-state index >= 15 is 0 Å². The first kappa shape index (κ1) is 8.18. The highest BCUT2D eigenvalue weighted by Gasteiger charge is 2.49. The van der Waals surface area contributed by atoms with Crippen molar-refractivity contribution in [2.75, 3.05) is 6.54 Å². The van der Waals surface area contributed by atoms with Crippen molar-refractivity contribution in [1.82, 2.24) is 5.01 Å². The summed E-state index contributed by atoms with van der Waals surface area (Å²) in [6, 6.07) is -1.53. The van der Waals surface area contributed by atoms with Gasteiger partial charge in [-0.15, -0.1) is 0 Å². The maximum atomic E-state index is 12.0. The zero-order chi connectivity index (χ0) is 8.48. The first-order chi connectivity index (χ1) is 5.05. The second-order valence-corrected chi connectivity index (χ2v) is 2.46. The van der Waals surface area contributed by atoms with Crippen LogP contribution in [0.5, 0.6) is 0 Å². The van der Waals surface area contributed by atoms with Gasteiger partial charge >= 0.3 is 6.18 Å². The Morgan fingerprint density at radius 1 is 1.45 bits per heavy atom. The standard InChI is InChI=1S/C6H7F3N2/c1-10-11-4-2-3-5(11)6(7,8)9/h5H,2-4H2/t5-/m1/s1. The van der Waals surface area contributed by atoms with Gasteiger partial charge in [0.15, 0.2) is 6.04 Å². The molecule has 0 aromatic heterocycles. The quantitative estimate of drug-likeness (QED) is 0.496. The summed E-state index contributed by atoms with van der Waals surface area (Å²) in [6.07, 6.45) is -3.71. The molecule has 0 radical (unpaired) electrons. The van der Waals surface area contributed by atoms with Crippen molar-refractivity contribution in [2.45, 2.75) is 25.1 Å². The lowest BCUT2D eigenvalue weighted by atomic mass is 10.2. The Kier molecular flexibility index (Phi) is 1.94. The number of halogens is 3. The minimum Gasteiger partial charge on any atom is -0.184 e. The van der Waals surface area contributed by atoms with E-state index in [0.717, 1.165) is 5.01 Å². The van der Waals surface area contributed by atoms with Crippen LogP contribution in [-0.2, 0) is 0 Å². The van der Waals surface area contributed by atoms with E-state index in [4.69, 9.17) is 6.57 Å². The van der Waals surface area contributed by atoms with Gasteiger partial charge in [0.05, 0.1) is 6.54 Å². The van der Waals surface area contributed by atoms with Gasteiger partial charge in [0, 0.05) is 0 Å². The lowest BCUT2D eigenvalue weighted by Crippen LogP contribution is -2.37. The fourth-order valence-electron chi connectivity index (χ4n) is 1.20. The van der Waals surface area contributed by atoms with Crippen LogP contribution in [0.1, 0.15) is 12.8 Å². The molecule has 1 fully saturated rings. The van der Waals surface area contributed by atoms with Crippen LogP contribution in [0.15, 0.2) is 0 Å². The van der Waals surface area contributed by atoms with E-state index in [0.29, 0.717) is 6.42 Å². The van der Waals surface area contributed by atoms with Gasteiger partial charge < -0.3 is 0 Å². The van der Waals surface area contributed by atoms with Crippen molar-refractivity contribution in [3.05, 3.63) is 11.5 Å². The zero-order valence-corrected chi connectivity index (χ0v) is 5.73. The molecule has 1 heterocycles. The molecule has 1 rings (SSSR count). The molecule has 0 amide bonds. The molecular weight excluding hydrogens is 157 g/mol. The van der Waals surface area contributed by atoms with Crippen LogP contribution in [-0.4, -0.2) is 23.8 Å². The number of nitrogens with zero attached hydrogens (tertiary/aromatic N) is 2. The minimum atomic E-state index is -4.24. The van der Waals surface area contributed by atoms with Crippen molar-refractivity contribution in [1.29, 1.82) is 0 Å². The molecule has 11 heavy (non-hydrogen) atoms. The van der Waals surface area contributed by atoms with Crippen molar-refractivity contribution in [2.24, 2.45) is 0 Å². The molecule has 0 aromatic carbocycles. The van der Waals surface area contributed by atoms with Gasteiger partial charge in [-0.3, -0.25) is 0 Å². The van der Waals surface area contributed by atoms with Crippen molar-refractivity contribution >= 4 is 0 Å². The highest BCUT2D eigenvalue weighted by atomic mass is 19.4. The van der Waals surface area contributed by atoms with E-state index < -0.39 is 12.2 Å². The summed E-state index contributed by atoms with van der Waals surface area (Å²) in [7, 11) is 0. The van der Waals surface area contributed by atoms with Gasteiger partial charge in [0.2, 0.25) is 0 Å². The summed E-state index contributed by atoms with van der Waals surface area (Å²) in [4.78, 5) is 2.80. The Morgan fingerprint density at radius 2 is 2.09 bits per heavy atom. The predicted molar refractivity (Wildman–Crippen MR) is 32.4 cm³/mol. The Morgan fingerprint density at radius 3 is 2.45 bits per heavy atom. The molecule has 0 N–H and O–H groups in total. The van der Waals surface area contributed by atoms with E-state index in [1.165, 1.54) is 0 Å². The van der Waals surface area contributed by atoms with Crippen molar-refractivity contribution in [3.8, 4) is 0 Å². The van der Waals surface area contributed by atoms with Gasteiger partial charge in [-0.2, -0.15) is 24.7 Å². The third kappa shape index (κ3) is 1.56. The number of alkyl halides is 3.